The molecule has 1 N–H and O–H groups in total. The van der Waals surface area contributed by atoms with Gasteiger partial charge in [-0.15, -0.1) is 0 Å². The van der Waals surface area contributed by atoms with E-state index < -0.39 is 21.8 Å². The highest BCUT2D eigenvalue weighted by atomic mass is 79.9. The molecule has 3 aromatic rings. The third-order valence-electron chi connectivity index (χ3n) is 4.03. The number of amides is 1. The summed E-state index contributed by atoms with van der Waals surface area (Å²) in [6.07, 6.45) is 1.20. The molecule has 0 radical (unpaired) electrons. The van der Waals surface area contributed by atoms with Crippen LogP contribution >= 0.6 is 31.9 Å². The van der Waals surface area contributed by atoms with Gasteiger partial charge >= 0.3 is 10.1 Å². The average molecular weight is 580 g/mol. The second kappa shape index (κ2) is 10.1. The standard InChI is InChI=1S/C22H13Br2FN2O4S/c23-16-11-14(10-15(13-26)22(28)27-18-8-6-17(25)7-9-18)21(20(24)12-16)31-32(29,30)19-4-2-1-3-5-19/h1-12H,(H,27,28)/b15-10+. The van der Waals surface area contributed by atoms with Gasteiger partial charge in [-0.25, -0.2) is 4.39 Å². The van der Waals surface area contributed by atoms with Crippen molar-refractivity contribution in [3.05, 3.63) is 92.6 Å². The fraction of sp³-hybridized carbons (Fsp3) is 0. The lowest BCUT2D eigenvalue weighted by molar-refractivity contribution is -0.112. The van der Waals surface area contributed by atoms with E-state index in [-0.39, 0.29) is 31.9 Å². The average Bonchev–Trinajstić information content (AvgIpc) is 2.76. The number of hydrogen-bond acceptors (Lipinski definition) is 5. The highest BCUT2D eigenvalue weighted by Crippen LogP contribution is 2.36. The number of anilines is 1. The number of nitrogens with one attached hydrogen (secondary N) is 1. The summed E-state index contributed by atoms with van der Waals surface area (Å²) in [6.45, 7) is 0. The van der Waals surface area contributed by atoms with Crippen molar-refractivity contribution in [1.29, 1.82) is 5.26 Å². The minimum atomic E-state index is -4.18. The number of rotatable bonds is 6. The zero-order chi connectivity index (χ0) is 23.3. The first-order chi connectivity index (χ1) is 15.2. The van der Waals surface area contributed by atoms with Gasteiger partial charge in [-0.3, -0.25) is 4.79 Å². The van der Waals surface area contributed by atoms with Gasteiger partial charge in [0.1, 0.15) is 22.4 Å². The fourth-order valence-electron chi connectivity index (χ4n) is 2.56. The van der Waals surface area contributed by atoms with Crippen molar-refractivity contribution in [2.24, 2.45) is 0 Å². The van der Waals surface area contributed by atoms with Gasteiger partial charge in [-0.2, -0.15) is 13.7 Å². The van der Waals surface area contributed by atoms with Crippen LogP contribution in [0.2, 0.25) is 0 Å². The molecule has 0 aliphatic carbocycles. The number of halogens is 3. The predicted octanol–water partition coefficient (Wildman–Crippen LogP) is 5.66. The molecule has 0 aromatic heterocycles. The summed E-state index contributed by atoms with van der Waals surface area (Å²) in [7, 11) is -4.18. The smallest absolute Gasteiger partial charge is 0.339 e. The molecule has 1 amide bonds. The fourth-order valence-corrected chi connectivity index (χ4v) is 4.99. The molecule has 6 nitrogen and oxygen atoms in total. The summed E-state index contributed by atoms with van der Waals surface area (Å²) in [4.78, 5) is 12.5. The molecule has 0 saturated heterocycles. The van der Waals surface area contributed by atoms with E-state index in [1.54, 1.807) is 30.3 Å². The van der Waals surface area contributed by atoms with Crippen LogP contribution in [0.1, 0.15) is 5.56 Å². The molecule has 0 spiro atoms. The third kappa shape index (κ3) is 5.82. The maximum Gasteiger partial charge on any atom is 0.339 e. The van der Waals surface area contributed by atoms with Crippen LogP contribution in [0.25, 0.3) is 6.08 Å². The Morgan fingerprint density at radius 1 is 1.06 bits per heavy atom. The topological polar surface area (TPSA) is 96.3 Å². The van der Waals surface area contributed by atoms with E-state index in [9.17, 15) is 22.9 Å². The second-order valence-electron chi connectivity index (χ2n) is 6.29. The first kappa shape index (κ1) is 23.7. The molecule has 0 bridgehead atoms. The van der Waals surface area contributed by atoms with Crippen molar-refractivity contribution in [3.63, 3.8) is 0 Å². The lowest BCUT2D eigenvalue weighted by Gasteiger charge is -2.13. The predicted molar refractivity (Wildman–Crippen MR) is 125 cm³/mol. The van der Waals surface area contributed by atoms with E-state index >= 15 is 0 Å². The van der Waals surface area contributed by atoms with E-state index in [4.69, 9.17) is 4.18 Å². The van der Waals surface area contributed by atoms with Crippen molar-refractivity contribution in [3.8, 4) is 11.8 Å². The minimum Gasteiger partial charge on any atom is -0.377 e. The Morgan fingerprint density at radius 3 is 2.34 bits per heavy atom. The number of hydrogen-bond donors (Lipinski definition) is 1. The summed E-state index contributed by atoms with van der Waals surface area (Å²) in [5.41, 5.74) is 0.133. The second-order valence-corrected chi connectivity index (χ2v) is 9.60. The molecule has 162 valence electrons. The molecule has 32 heavy (non-hydrogen) atoms. The van der Waals surface area contributed by atoms with Crippen LogP contribution in [0.15, 0.2) is 86.1 Å². The number of carbonyl (C=O) groups is 1. The molecule has 3 aromatic carbocycles. The van der Waals surface area contributed by atoms with Gasteiger partial charge in [0.2, 0.25) is 0 Å². The normalized spacial score (nSPS) is 11.5. The monoisotopic (exact) mass is 578 g/mol. The molecule has 0 atom stereocenters. The number of nitrogens with zero attached hydrogens (tertiary/aromatic N) is 1. The van der Waals surface area contributed by atoms with Gasteiger partial charge in [0.25, 0.3) is 5.91 Å². The van der Waals surface area contributed by atoms with Gasteiger partial charge < -0.3 is 9.50 Å². The Morgan fingerprint density at radius 2 is 1.72 bits per heavy atom. The van der Waals surface area contributed by atoms with Crippen LogP contribution in [-0.4, -0.2) is 14.3 Å². The van der Waals surface area contributed by atoms with Gasteiger partial charge in [0, 0.05) is 15.7 Å². The first-order valence-electron chi connectivity index (χ1n) is 8.87. The largest absolute Gasteiger partial charge is 0.377 e. The Hall–Kier alpha value is -3.00. The zero-order valence-electron chi connectivity index (χ0n) is 16.1. The maximum atomic E-state index is 13.1. The van der Waals surface area contributed by atoms with Crippen LogP contribution < -0.4 is 9.50 Å². The van der Waals surface area contributed by atoms with Crippen molar-refractivity contribution in [2.45, 2.75) is 4.90 Å². The summed E-state index contributed by atoms with van der Waals surface area (Å²) in [5, 5.41) is 12.0. The zero-order valence-corrected chi connectivity index (χ0v) is 20.0. The van der Waals surface area contributed by atoms with E-state index in [1.807, 2.05) is 0 Å². The maximum absolute atomic E-state index is 13.1. The Balaban J connectivity index is 1.99. The van der Waals surface area contributed by atoms with Crippen molar-refractivity contribution >= 4 is 59.6 Å². The van der Waals surface area contributed by atoms with Crippen molar-refractivity contribution in [2.75, 3.05) is 5.32 Å². The van der Waals surface area contributed by atoms with E-state index in [2.05, 4.69) is 37.2 Å². The summed E-state index contributed by atoms with van der Waals surface area (Å²) >= 11 is 6.56. The molecule has 10 heteroatoms. The van der Waals surface area contributed by atoms with Gasteiger partial charge in [0.15, 0.2) is 5.75 Å². The van der Waals surface area contributed by atoms with Crippen LogP contribution in [0.3, 0.4) is 0 Å². The van der Waals surface area contributed by atoms with Gasteiger partial charge in [-0.1, -0.05) is 34.1 Å². The van der Waals surface area contributed by atoms with Crippen molar-refractivity contribution in [1.82, 2.24) is 0 Å². The molecule has 0 heterocycles. The SMILES string of the molecule is N#C/C(=C\c1cc(Br)cc(Br)c1OS(=O)(=O)c1ccccc1)C(=O)Nc1ccc(F)cc1. The van der Waals surface area contributed by atoms with Gasteiger partial charge in [-0.05, 0) is 70.5 Å². The number of carbonyl (C=O) groups excluding carboxylic acids is 1. The van der Waals surface area contributed by atoms with Crippen LogP contribution in [0, 0.1) is 17.1 Å². The lowest BCUT2D eigenvalue weighted by atomic mass is 10.1. The molecule has 0 aliphatic heterocycles. The van der Waals surface area contributed by atoms with Gasteiger partial charge in [0.05, 0.1) is 4.47 Å². The number of nitriles is 1. The lowest BCUT2D eigenvalue weighted by Crippen LogP contribution is -2.14. The van der Waals surface area contributed by atoms with E-state index in [0.29, 0.717) is 4.47 Å². The van der Waals surface area contributed by atoms with Crippen LogP contribution in [0.4, 0.5) is 10.1 Å². The molecule has 0 unspecified atom stereocenters. The highest BCUT2D eigenvalue weighted by Gasteiger charge is 2.21. The summed E-state index contributed by atoms with van der Waals surface area (Å²) in [6, 6.07) is 17.4. The van der Waals surface area contributed by atoms with E-state index in [0.717, 1.165) is 12.1 Å². The Kier molecular flexibility index (Phi) is 7.45. The van der Waals surface area contributed by atoms with E-state index in [1.165, 1.54) is 36.4 Å². The summed E-state index contributed by atoms with van der Waals surface area (Å²) in [5.74, 6) is -1.33. The summed E-state index contributed by atoms with van der Waals surface area (Å²) < 4.78 is 44.6. The quantitative estimate of drug-likeness (QED) is 0.231. The molecule has 0 saturated carbocycles. The molecular formula is C22H13Br2FN2O4S. The Bertz CT molecular complexity index is 1340. The van der Waals surface area contributed by atoms with Crippen LogP contribution in [-0.2, 0) is 14.9 Å². The number of benzene rings is 3. The highest BCUT2D eigenvalue weighted by molar-refractivity contribution is 9.11. The Labute approximate surface area is 200 Å². The molecule has 3 rings (SSSR count). The third-order valence-corrected chi connectivity index (χ3v) is 6.31. The molecular weight excluding hydrogens is 567 g/mol. The molecule has 0 aliphatic rings. The molecule has 0 fully saturated rings. The van der Waals surface area contributed by atoms with Crippen LogP contribution in [0.5, 0.6) is 5.75 Å². The van der Waals surface area contributed by atoms with Crippen molar-refractivity contribution < 1.29 is 21.8 Å². The minimum absolute atomic E-state index is 0.0562. The first-order valence-corrected chi connectivity index (χ1v) is 11.9.